The number of imidazole rings is 1. The Morgan fingerprint density at radius 3 is 2.78 bits per heavy atom. The lowest BCUT2D eigenvalue weighted by atomic mass is 10.2. The van der Waals surface area contributed by atoms with E-state index in [-0.39, 0.29) is 5.91 Å². The van der Waals surface area contributed by atoms with E-state index in [2.05, 4.69) is 15.2 Å². The predicted octanol–water partition coefficient (Wildman–Crippen LogP) is 2.71. The van der Waals surface area contributed by atoms with E-state index in [1.807, 2.05) is 33.6 Å². The van der Waals surface area contributed by atoms with Crippen molar-refractivity contribution in [2.75, 3.05) is 18.8 Å². The van der Waals surface area contributed by atoms with Crippen molar-refractivity contribution in [1.29, 1.82) is 0 Å². The number of H-pyrrole nitrogens is 1. The van der Waals surface area contributed by atoms with Crippen molar-refractivity contribution in [1.82, 2.24) is 24.5 Å². The number of carbonyl (C=O) groups is 1. The molecule has 1 amide bonds. The Morgan fingerprint density at radius 2 is 1.96 bits per heavy atom. The van der Waals surface area contributed by atoms with Gasteiger partial charge in [-0.2, -0.15) is 0 Å². The smallest absolute Gasteiger partial charge is 0.233 e. The van der Waals surface area contributed by atoms with Gasteiger partial charge in [0.15, 0.2) is 5.16 Å². The third kappa shape index (κ3) is 2.81. The fraction of sp³-hybridized carbons (Fsp3) is 0.438. The molecule has 6 nitrogen and oxygen atoms in total. The van der Waals surface area contributed by atoms with E-state index in [9.17, 15) is 4.79 Å². The second kappa shape index (κ2) is 6.23. The lowest BCUT2D eigenvalue weighted by molar-refractivity contribution is -0.128. The number of rotatable bonds is 3. The van der Waals surface area contributed by atoms with Crippen LogP contribution in [0.3, 0.4) is 0 Å². The minimum absolute atomic E-state index is 0.206. The molecule has 1 aliphatic heterocycles. The minimum Gasteiger partial charge on any atom is -0.342 e. The zero-order valence-electron chi connectivity index (χ0n) is 12.9. The maximum Gasteiger partial charge on any atom is 0.233 e. The predicted molar refractivity (Wildman–Crippen MR) is 90.6 cm³/mol. The maximum absolute atomic E-state index is 12.4. The molecular weight excluding hydrogens is 310 g/mol. The molecule has 1 aromatic carbocycles. The standard InChI is InChI=1S/C16H19N5OS/c22-14(20-9-5-1-2-6-10-20)11-23-16-19-18-15-17-12-7-3-4-8-13(12)21(15)16/h3-4,7-8H,1-2,5-6,9-11H2,(H,17,18). The van der Waals surface area contributed by atoms with Crippen LogP contribution in [0, 0.1) is 0 Å². The molecule has 3 aromatic rings. The molecule has 1 aliphatic rings. The third-order valence-corrected chi connectivity index (χ3v) is 5.21. The van der Waals surface area contributed by atoms with Crippen LogP contribution in [0.15, 0.2) is 29.4 Å². The van der Waals surface area contributed by atoms with Crippen molar-refractivity contribution in [3.63, 3.8) is 0 Å². The number of benzene rings is 1. The van der Waals surface area contributed by atoms with Gasteiger partial charge in [-0.15, -0.1) is 5.10 Å². The summed E-state index contributed by atoms with van der Waals surface area (Å²) in [4.78, 5) is 18.9. The first-order valence-corrected chi connectivity index (χ1v) is 9.03. The summed E-state index contributed by atoms with van der Waals surface area (Å²) in [6, 6.07) is 7.96. The fourth-order valence-corrected chi connectivity index (χ4v) is 3.94. The van der Waals surface area contributed by atoms with Gasteiger partial charge in [0, 0.05) is 13.1 Å². The topological polar surface area (TPSA) is 66.3 Å². The van der Waals surface area contributed by atoms with Gasteiger partial charge in [-0.05, 0) is 25.0 Å². The molecule has 1 N–H and O–H groups in total. The highest BCUT2D eigenvalue weighted by atomic mass is 32.2. The molecule has 0 atom stereocenters. The summed E-state index contributed by atoms with van der Waals surface area (Å²) in [5.41, 5.74) is 1.95. The average Bonchev–Trinajstić information content (AvgIpc) is 3.00. The van der Waals surface area contributed by atoms with Crippen molar-refractivity contribution >= 4 is 34.5 Å². The van der Waals surface area contributed by atoms with Crippen LogP contribution in [0.1, 0.15) is 25.7 Å². The summed E-state index contributed by atoms with van der Waals surface area (Å²) < 4.78 is 1.98. The van der Waals surface area contributed by atoms with Crippen molar-refractivity contribution in [2.45, 2.75) is 30.8 Å². The van der Waals surface area contributed by atoms with E-state index in [1.165, 1.54) is 24.6 Å². The number of aromatic nitrogens is 4. The quantitative estimate of drug-likeness (QED) is 0.750. The number of hydrogen-bond acceptors (Lipinski definition) is 4. The maximum atomic E-state index is 12.4. The average molecular weight is 329 g/mol. The van der Waals surface area contributed by atoms with Gasteiger partial charge in [-0.3, -0.25) is 9.20 Å². The number of amides is 1. The normalized spacial score (nSPS) is 16.1. The van der Waals surface area contributed by atoms with Crippen molar-refractivity contribution in [3.05, 3.63) is 24.3 Å². The van der Waals surface area contributed by atoms with Crippen molar-refractivity contribution in [3.8, 4) is 0 Å². The largest absolute Gasteiger partial charge is 0.342 e. The summed E-state index contributed by atoms with van der Waals surface area (Å²) in [7, 11) is 0. The first kappa shape index (κ1) is 14.6. The summed E-state index contributed by atoms with van der Waals surface area (Å²) in [5.74, 6) is 1.35. The van der Waals surface area contributed by atoms with Crippen molar-refractivity contribution < 1.29 is 4.79 Å². The van der Waals surface area contributed by atoms with Gasteiger partial charge in [0.1, 0.15) is 0 Å². The van der Waals surface area contributed by atoms with E-state index in [0.29, 0.717) is 5.75 Å². The van der Waals surface area contributed by atoms with Crippen LogP contribution < -0.4 is 0 Å². The number of hydrogen-bond donors (Lipinski definition) is 1. The van der Waals surface area contributed by atoms with Crippen LogP contribution in [0.25, 0.3) is 16.8 Å². The number of nitrogens with zero attached hydrogens (tertiary/aromatic N) is 4. The zero-order chi connectivity index (χ0) is 15.6. The SMILES string of the molecule is O=C(CSc1n[nH]c2nc3ccccc3n12)N1CCCCCC1. The fourth-order valence-electron chi connectivity index (χ4n) is 3.08. The number of likely N-dealkylation sites (tertiary alicyclic amines) is 1. The molecule has 0 aliphatic carbocycles. The molecule has 4 rings (SSSR count). The number of aromatic amines is 1. The molecule has 0 spiro atoms. The second-order valence-corrected chi connectivity index (χ2v) is 6.79. The molecule has 23 heavy (non-hydrogen) atoms. The van der Waals surface area contributed by atoms with Gasteiger partial charge in [-0.1, -0.05) is 36.7 Å². The minimum atomic E-state index is 0.206. The highest BCUT2D eigenvalue weighted by molar-refractivity contribution is 7.99. The van der Waals surface area contributed by atoms with Crippen LogP contribution in [-0.2, 0) is 4.79 Å². The third-order valence-electron chi connectivity index (χ3n) is 4.29. The second-order valence-electron chi connectivity index (χ2n) is 5.85. The molecule has 7 heteroatoms. The Kier molecular flexibility index (Phi) is 3.95. The summed E-state index contributed by atoms with van der Waals surface area (Å²) in [5, 5.41) is 8.04. The van der Waals surface area contributed by atoms with E-state index in [1.54, 1.807) is 0 Å². The number of nitrogens with one attached hydrogen (secondary N) is 1. The van der Waals surface area contributed by atoms with Crippen LogP contribution >= 0.6 is 11.8 Å². The van der Waals surface area contributed by atoms with Gasteiger partial charge in [0.2, 0.25) is 11.7 Å². The van der Waals surface area contributed by atoms with Gasteiger partial charge >= 0.3 is 0 Å². The summed E-state index contributed by atoms with van der Waals surface area (Å²) >= 11 is 1.47. The summed E-state index contributed by atoms with van der Waals surface area (Å²) in [6.45, 7) is 1.78. The van der Waals surface area contributed by atoms with Gasteiger partial charge in [0.25, 0.3) is 0 Å². The monoisotopic (exact) mass is 329 g/mol. The Labute approximate surface area is 138 Å². The Hall–Kier alpha value is -2.02. The van der Waals surface area contributed by atoms with Crippen LogP contribution in [0.4, 0.5) is 0 Å². The van der Waals surface area contributed by atoms with E-state index in [0.717, 1.165) is 47.9 Å². The van der Waals surface area contributed by atoms with Gasteiger partial charge in [0.05, 0.1) is 16.8 Å². The number of carbonyl (C=O) groups excluding carboxylic acids is 1. The summed E-state index contributed by atoms with van der Waals surface area (Å²) in [6.07, 6.45) is 4.71. The van der Waals surface area contributed by atoms with Crippen LogP contribution in [0.5, 0.6) is 0 Å². The molecule has 0 unspecified atom stereocenters. The van der Waals surface area contributed by atoms with Crippen LogP contribution in [0.2, 0.25) is 0 Å². The molecule has 0 saturated carbocycles. The zero-order valence-corrected chi connectivity index (χ0v) is 13.7. The molecule has 1 saturated heterocycles. The Morgan fingerprint density at radius 1 is 1.17 bits per heavy atom. The highest BCUT2D eigenvalue weighted by Crippen LogP contribution is 2.23. The Bertz CT molecular complexity index is 831. The molecule has 120 valence electrons. The van der Waals surface area contributed by atoms with E-state index in [4.69, 9.17) is 0 Å². The van der Waals surface area contributed by atoms with Crippen molar-refractivity contribution in [2.24, 2.45) is 0 Å². The van der Waals surface area contributed by atoms with E-state index < -0.39 is 0 Å². The van der Waals surface area contributed by atoms with Crippen LogP contribution in [-0.4, -0.2) is 49.2 Å². The first-order chi connectivity index (χ1) is 11.3. The van der Waals surface area contributed by atoms with Gasteiger partial charge in [-0.25, -0.2) is 10.1 Å². The lowest BCUT2D eigenvalue weighted by Crippen LogP contribution is -2.33. The van der Waals surface area contributed by atoms with E-state index >= 15 is 0 Å². The number of thioether (sulfide) groups is 1. The molecular formula is C16H19N5OS. The Balaban J connectivity index is 1.52. The number of para-hydroxylation sites is 2. The molecule has 1 fully saturated rings. The molecule has 2 aromatic heterocycles. The lowest BCUT2D eigenvalue weighted by Gasteiger charge is -2.19. The first-order valence-electron chi connectivity index (χ1n) is 8.05. The van der Waals surface area contributed by atoms with Gasteiger partial charge < -0.3 is 4.90 Å². The highest BCUT2D eigenvalue weighted by Gasteiger charge is 2.18. The molecule has 0 bridgehead atoms. The molecule has 0 radical (unpaired) electrons. The molecule has 3 heterocycles. The number of fused-ring (bicyclic) bond motifs is 3.